The molecular weight excluding hydrogens is 280 g/mol. The first-order valence-corrected chi connectivity index (χ1v) is 6.45. The van der Waals surface area contributed by atoms with Crippen molar-refractivity contribution in [2.24, 2.45) is 0 Å². The Balaban J connectivity index is 2.40. The van der Waals surface area contributed by atoms with Gasteiger partial charge in [-0.15, -0.1) is 0 Å². The predicted molar refractivity (Wildman–Crippen MR) is 72.8 cm³/mol. The van der Waals surface area contributed by atoms with Gasteiger partial charge in [0.1, 0.15) is 5.75 Å². The third-order valence-corrected chi connectivity index (χ3v) is 3.46. The molecular formula is C13H11BrN2O. The molecule has 0 radical (unpaired) electrons. The fraction of sp³-hybridized carbons (Fsp3) is 0.154. The Bertz CT molecular complexity index is 690. The third-order valence-electron chi connectivity index (χ3n) is 2.93. The minimum atomic E-state index is 0.744. The van der Waals surface area contributed by atoms with Gasteiger partial charge in [0.05, 0.1) is 23.8 Å². The number of methoxy groups -OCH3 is 1. The Kier molecular flexibility index (Phi) is 2.52. The molecule has 0 atom stereocenters. The van der Waals surface area contributed by atoms with Crippen LogP contribution in [0.15, 0.2) is 30.5 Å². The summed E-state index contributed by atoms with van der Waals surface area (Å²) < 4.78 is 5.23. The molecule has 2 aromatic heterocycles. The van der Waals surface area contributed by atoms with E-state index in [1.54, 1.807) is 7.11 Å². The van der Waals surface area contributed by atoms with Crippen molar-refractivity contribution < 1.29 is 4.74 Å². The summed E-state index contributed by atoms with van der Waals surface area (Å²) in [6.45, 7) is 0. The Morgan fingerprint density at radius 1 is 1.29 bits per heavy atom. The average Bonchev–Trinajstić information content (AvgIpc) is 2.75. The maximum absolute atomic E-state index is 5.23. The standard InChI is InChI=1S/C13H11BrN2O/c1-17-8-2-3-9-10-4-5-15-12(7-14)13(10)16-11(9)6-8/h2-6,16H,7H2,1H3. The number of benzene rings is 1. The van der Waals surface area contributed by atoms with Gasteiger partial charge in [-0.3, -0.25) is 4.98 Å². The van der Waals surface area contributed by atoms with E-state index in [0.717, 1.165) is 27.8 Å². The molecule has 0 spiro atoms. The fourth-order valence-corrected chi connectivity index (χ4v) is 2.52. The summed E-state index contributed by atoms with van der Waals surface area (Å²) in [5, 5.41) is 3.14. The van der Waals surface area contributed by atoms with Crippen molar-refractivity contribution in [1.29, 1.82) is 0 Å². The van der Waals surface area contributed by atoms with E-state index in [1.165, 1.54) is 10.8 Å². The number of nitrogens with zero attached hydrogens (tertiary/aromatic N) is 1. The quantitative estimate of drug-likeness (QED) is 0.732. The Morgan fingerprint density at radius 3 is 2.94 bits per heavy atom. The number of ether oxygens (including phenoxy) is 1. The topological polar surface area (TPSA) is 37.9 Å². The SMILES string of the molecule is COc1ccc2c(c1)[nH]c1c(CBr)nccc12. The van der Waals surface area contributed by atoms with E-state index in [1.807, 2.05) is 24.4 Å². The van der Waals surface area contributed by atoms with Crippen molar-refractivity contribution in [2.75, 3.05) is 7.11 Å². The number of alkyl halides is 1. The molecule has 0 aliphatic rings. The van der Waals surface area contributed by atoms with Crippen LogP contribution in [0, 0.1) is 0 Å². The minimum Gasteiger partial charge on any atom is -0.497 e. The molecule has 3 rings (SSSR count). The molecule has 0 amide bonds. The zero-order valence-corrected chi connectivity index (χ0v) is 10.9. The van der Waals surface area contributed by atoms with Crippen molar-refractivity contribution in [1.82, 2.24) is 9.97 Å². The fourth-order valence-electron chi connectivity index (χ4n) is 2.09. The third kappa shape index (κ3) is 1.60. The second-order valence-corrected chi connectivity index (χ2v) is 4.41. The summed E-state index contributed by atoms with van der Waals surface area (Å²) in [5.41, 5.74) is 3.19. The van der Waals surface area contributed by atoms with Crippen molar-refractivity contribution in [3.05, 3.63) is 36.2 Å². The number of hydrogen-bond donors (Lipinski definition) is 1. The second-order valence-electron chi connectivity index (χ2n) is 3.85. The highest BCUT2D eigenvalue weighted by Crippen LogP contribution is 2.29. The largest absolute Gasteiger partial charge is 0.497 e. The molecule has 0 bridgehead atoms. The molecule has 0 unspecified atom stereocenters. The molecule has 4 heteroatoms. The van der Waals surface area contributed by atoms with Crippen LogP contribution in [-0.2, 0) is 5.33 Å². The van der Waals surface area contributed by atoms with Crippen LogP contribution in [0.25, 0.3) is 21.8 Å². The molecule has 3 aromatic rings. The summed E-state index contributed by atoms with van der Waals surface area (Å²) in [6, 6.07) is 8.09. The number of aromatic nitrogens is 2. The first-order valence-electron chi connectivity index (χ1n) is 5.33. The lowest BCUT2D eigenvalue weighted by atomic mass is 10.1. The average molecular weight is 291 g/mol. The predicted octanol–water partition coefficient (Wildman–Crippen LogP) is 3.62. The van der Waals surface area contributed by atoms with Crippen molar-refractivity contribution >= 4 is 37.7 Å². The maximum atomic E-state index is 5.23. The highest BCUT2D eigenvalue weighted by Gasteiger charge is 2.08. The minimum absolute atomic E-state index is 0.744. The number of halogens is 1. The van der Waals surface area contributed by atoms with Gasteiger partial charge in [0.15, 0.2) is 0 Å². The molecule has 0 aliphatic carbocycles. The van der Waals surface area contributed by atoms with Gasteiger partial charge in [0.2, 0.25) is 0 Å². The van der Waals surface area contributed by atoms with Crippen molar-refractivity contribution in [3.8, 4) is 5.75 Å². The van der Waals surface area contributed by atoms with Gasteiger partial charge in [-0.25, -0.2) is 0 Å². The van der Waals surface area contributed by atoms with Crippen LogP contribution in [0.1, 0.15) is 5.69 Å². The summed E-state index contributed by atoms with van der Waals surface area (Å²) >= 11 is 3.46. The van der Waals surface area contributed by atoms with E-state index in [-0.39, 0.29) is 0 Å². The Morgan fingerprint density at radius 2 is 2.18 bits per heavy atom. The van der Waals surface area contributed by atoms with Crippen LogP contribution >= 0.6 is 15.9 Å². The lowest BCUT2D eigenvalue weighted by Crippen LogP contribution is -1.84. The van der Waals surface area contributed by atoms with Crippen LogP contribution in [0.2, 0.25) is 0 Å². The van der Waals surface area contributed by atoms with Gasteiger partial charge in [-0.05, 0) is 18.2 Å². The van der Waals surface area contributed by atoms with Crippen LogP contribution in [-0.4, -0.2) is 17.1 Å². The first kappa shape index (κ1) is 10.6. The number of H-pyrrole nitrogens is 1. The lowest BCUT2D eigenvalue weighted by Gasteiger charge is -1.98. The van der Waals surface area contributed by atoms with E-state index < -0.39 is 0 Å². The summed E-state index contributed by atoms with van der Waals surface area (Å²) in [6.07, 6.45) is 1.84. The van der Waals surface area contributed by atoms with E-state index in [9.17, 15) is 0 Å². The number of aromatic amines is 1. The van der Waals surface area contributed by atoms with Crippen molar-refractivity contribution in [2.45, 2.75) is 5.33 Å². The Hall–Kier alpha value is -1.55. The van der Waals surface area contributed by atoms with Gasteiger partial charge in [0.25, 0.3) is 0 Å². The number of hydrogen-bond acceptors (Lipinski definition) is 2. The number of pyridine rings is 1. The highest BCUT2D eigenvalue weighted by atomic mass is 79.9. The molecule has 86 valence electrons. The molecule has 0 fully saturated rings. The molecule has 2 heterocycles. The monoisotopic (exact) mass is 290 g/mol. The van der Waals surface area contributed by atoms with Gasteiger partial charge < -0.3 is 9.72 Å². The first-order chi connectivity index (χ1) is 8.33. The van der Waals surface area contributed by atoms with Crippen LogP contribution in [0.3, 0.4) is 0 Å². The molecule has 0 saturated heterocycles. The highest BCUT2D eigenvalue weighted by molar-refractivity contribution is 9.08. The van der Waals surface area contributed by atoms with Crippen LogP contribution in [0.4, 0.5) is 0 Å². The number of fused-ring (bicyclic) bond motifs is 3. The molecule has 1 N–H and O–H groups in total. The summed E-state index contributed by atoms with van der Waals surface area (Å²) in [7, 11) is 1.68. The van der Waals surface area contributed by atoms with Gasteiger partial charge >= 0.3 is 0 Å². The van der Waals surface area contributed by atoms with E-state index in [4.69, 9.17) is 4.74 Å². The zero-order chi connectivity index (χ0) is 11.8. The number of nitrogens with one attached hydrogen (secondary N) is 1. The molecule has 3 nitrogen and oxygen atoms in total. The van der Waals surface area contributed by atoms with Crippen LogP contribution in [0.5, 0.6) is 5.75 Å². The van der Waals surface area contributed by atoms with E-state index >= 15 is 0 Å². The van der Waals surface area contributed by atoms with Gasteiger partial charge in [-0.1, -0.05) is 15.9 Å². The molecule has 1 aromatic carbocycles. The molecule has 0 aliphatic heterocycles. The second kappa shape index (κ2) is 4.04. The maximum Gasteiger partial charge on any atom is 0.120 e. The molecule has 17 heavy (non-hydrogen) atoms. The number of rotatable bonds is 2. The zero-order valence-electron chi connectivity index (χ0n) is 9.33. The van der Waals surface area contributed by atoms with E-state index in [2.05, 4.69) is 32.0 Å². The lowest BCUT2D eigenvalue weighted by molar-refractivity contribution is 0.415. The Labute approximate surface area is 107 Å². The normalized spacial score (nSPS) is 11.2. The summed E-state index contributed by atoms with van der Waals surface area (Å²) in [5.74, 6) is 0.859. The molecule has 0 saturated carbocycles. The van der Waals surface area contributed by atoms with Crippen molar-refractivity contribution in [3.63, 3.8) is 0 Å². The van der Waals surface area contributed by atoms with Gasteiger partial charge in [0, 0.05) is 28.4 Å². The van der Waals surface area contributed by atoms with Gasteiger partial charge in [-0.2, -0.15) is 0 Å². The van der Waals surface area contributed by atoms with E-state index in [0.29, 0.717) is 0 Å². The van der Waals surface area contributed by atoms with Crippen LogP contribution < -0.4 is 4.74 Å². The smallest absolute Gasteiger partial charge is 0.120 e. The summed E-state index contributed by atoms with van der Waals surface area (Å²) in [4.78, 5) is 7.75.